The highest BCUT2D eigenvalue weighted by molar-refractivity contribution is 5.87. The maximum atomic E-state index is 12.2. The Labute approximate surface area is 137 Å². The molecule has 0 fully saturated rings. The Kier molecular flexibility index (Phi) is 4.98. The number of carboxylic acids is 1. The van der Waals surface area contributed by atoms with Gasteiger partial charge in [0.25, 0.3) is 5.56 Å². The largest absolute Gasteiger partial charge is 0.478 e. The highest BCUT2D eigenvalue weighted by Gasteiger charge is 2.12. The summed E-state index contributed by atoms with van der Waals surface area (Å²) in [6, 6.07) is 7.41. The quantitative estimate of drug-likeness (QED) is 0.825. The number of amides is 1. The first-order valence-electron chi connectivity index (χ1n) is 7.12. The smallest absolute Gasteiger partial charge is 0.335 e. The van der Waals surface area contributed by atoms with E-state index in [1.165, 1.54) is 36.3 Å². The second kappa shape index (κ2) is 6.95. The number of aromatic nitrogens is 2. The zero-order valence-electron chi connectivity index (χ0n) is 13.3. The van der Waals surface area contributed by atoms with Crippen molar-refractivity contribution in [2.45, 2.75) is 13.1 Å². The third-order valence-electron chi connectivity index (χ3n) is 3.61. The summed E-state index contributed by atoms with van der Waals surface area (Å²) in [6.07, 6.45) is 1.29. The number of carbonyl (C=O) groups is 2. The zero-order chi connectivity index (χ0) is 17.9. The van der Waals surface area contributed by atoms with Crippen molar-refractivity contribution >= 4 is 11.9 Å². The van der Waals surface area contributed by atoms with Gasteiger partial charge in [0, 0.05) is 32.9 Å². The number of hydrogen-bond acceptors (Lipinski definition) is 4. The topological polar surface area (TPSA) is 102 Å². The highest BCUT2D eigenvalue weighted by atomic mass is 16.4. The van der Waals surface area contributed by atoms with Crippen LogP contribution in [0.15, 0.2) is 46.1 Å². The number of nitrogens with zero attached hydrogens (tertiary/aromatic N) is 3. The third-order valence-corrected chi connectivity index (χ3v) is 3.61. The summed E-state index contributed by atoms with van der Waals surface area (Å²) < 4.78 is 2.09. The zero-order valence-corrected chi connectivity index (χ0v) is 13.3. The second-order valence-electron chi connectivity index (χ2n) is 5.38. The molecule has 8 nitrogen and oxygen atoms in total. The molecular weight excluding hydrogens is 314 g/mol. The Bertz CT molecular complexity index is 880. The van der Waals surface area contributed by atoms with E-state index in [4.69, 9.17) is 5.11 Å². The van der Waals surface area contributed by atoms with Crippen LogP contribution in [0.25, 0.3) is 0 Å². The normalized spacial score (nSPS) is 10.4. The molecule has 0 aliphatic heterocycles. The van der Waals surface area contributed by atoms with Crippen molar-refractivity contribution < 1.29 is 14.7 Å². The molecule has 0 spiro atoms. The van der Waals surface area contributed by atoms with E-state index in [2.05, 4.69) is 0 Å². The number of benzene rings is 1. The lowest BCUT2D eigenvalue weighted by atomic mass is 10.1. The molecule has 126 valence electrons. The lowest BCUT2D eigenvalue weighted by molar-refractivity contribution is -0.131. The Morgan fingerprint density at radius 3 is 2.33 bits per heavy atom. The van der Waals surface area contributed by atoms with Crippen molar-refractivity contribution in [2.75, 3.05) is 7.05 Å². The van der Waals surface area contributed by atoms with E-state index in [1.807, 2.05) is 0 Å². The average molecular weight is 331 g/mol. The van der Waals surface area contributed by atoms with Gasteiger partial charge in [-0.15, -0.1) is 0 Å². The van der Waals surface area contributed by atoms with Crippen molar-refractivity contribution in [2.24, 2.45) is 7.05 Å². The first kappa shape index (κ1) is 17.2. The number of carbonyl (C=O) groups excluding carboxylic acids is 1. The molecule has 24 heavy (non-hydrogen) atoms. The standard InChI is InChI=1S/C16H17N3O5/c1-17(9-11-3-5-12(6-4-11)15(22)23)14(21)10-19-8-7-13(20)18(2)16(19)24/h3-8H,9-10H2,1-2H3,(H,22,23). The molecule has 1 aromatic heterocycles. The molecule has 0 unspecified atom stereocenters. The van der Waals surface area contributed by atoms with Crippen LogP contribution in [-0.4, -0.2) is 38.1 Å². The molecular formula is C16H17N3O5. The van der Waals surface area contributed by atoms with E-state index >= 15 is 0 Å². The predicted molar refractivity (Wildman–Crippen MR) is 85.8 cm³/mol. The molecule has 0 saturated carbocycles. The molecule has 2 aromatic rings. The SMILES string of the molecule is CN(Cc1ccc(C(=O)O)cc1)C(=O)Cn1ccc(=O)n(C)c1=O. The van der Waals surface area contributed by atoms with Crippen LogP contribution in [0.5, 0.6) is 0 Å². The van der Waals surface area contributed by atoms with Crippen molar-refractivity contribution in [3.05, 3.63) is 68.5 Å². The molecule has 1 N–H and O–H groups in total. The van der Waals surface area contributed by atoms with Gasteiger partial charge in [0.2, 0.25) is 5.91 Å². The van der Waals surface area contributed by atoms with E-state index in [1.54, 1.807) is 19.2 Å². The predicted octanol–water partition coefficient (Wildman–Crippen LogP) is -0.0962. The maximum Gasteiger partial charge on any atom is 0.335 e. The summed E-state index contributed by atoms with van der Waals surface area (Å²) >= 11 is 0. The summed E-state index contributed by atoms with van der Waals surface area (Å²) in [5.74, 6) is -1.32. The molecule has 1 amide bonds. The minimum Gasteiger partial charge on any atom is -0.478 e. The van der Waals surface area contributed by atoms with Gasteiger partial charge < -0.3 is 10.0 Å². The van der Waals surface area contributed by atoms with Crippen LogP contribution in [0.3, 0.4) is 0 Å². The lowest BCUT2D eigenvalue weighted by Gasteiger charge is -2.18. The van der Waals surface area contributed by atoms with Crippen molar-refractivity contribution in [1.82, 2.24) is 14.0 Å². The van der Waals surface area contributed by atoms with Gasteiger partial charge in [-0.3, -0.25) is 18.7 Å². The fraction of sp³-hybridized carbons (Fsp3) is 0.250. The van der Waals surface area contributed by atoms with Crippen LogP contribution in [0, 0.1) is 0 Å². The minimum absolute atomic E-state index is 0.171. The van der Waals surface area contributed by atoms with Crippen molar-refractivity contribution in [3.8, 4) is 0 Å². The van der Waals surface area contributed by atoms with Gasteiger partial charge in [-0.05, 0) is 17.7 Å². The summed E-state index contributed by atoms with van der Waals surface area (Å²) in [5, 5.41) is 8.86. The molecule has 0 atom stereocenters. The average Bonchev–Trinajstić information content (AvgIpc) is 2.55. The highest BCUT2D eigenvalue weighted by Crippen LogP contribution is 2.07. The van der Waals surface area contributed by atoms with Crippen molar-refractivity contribution in [3.63, 3.8) is 0 Å². The van der Waals surface area contributed by atoms with Gasteiger partial charge in [0.15, 0.2) is 0 Å². The van der Waals surface area contributed by atoms with Crippen LogP contribution < -0.4 is 11.2 Å². The van der Waals surface area contributed by atoms with Crippen LogP contribution in [-0.2, 0) is 24.9 Å². The second-order valence-corrected chi connectivity index (χ2v) is 5.38. The first-order valence-corrected chi connectivity index (χ1v) is 7.12. The molecule has 1 aromatic carbocycles. The molecule has 0 radical (unpaired) electrons. The number of hydrogen-bond donors (Lipinski definition) is 1. The fourth-order valence-corrected chi connectivity index (χ4v) is 2.12. The number of carboxylic acid groups (broad SMARTS) is 1. The molecule has 2 rings (SSSR count). The van der Waals surface area contributed by atoms with E-state index in [0.29, 0.717) is 0 Å². The third kappa shape index (κ3) is 3.78. The summed E-state index contributed by atoms with van der Waals surface area (Å²) in [5.41, 5.74) is -0.0567. The number of aromatic carboxylic acids is 1. The minimum atomic E-state index is -1.01. The van der Waals surface area contributed by atoms with E-state index in [0.717, 1.165) is 14.7 Å². The maximum absolute atomic E-state index is 12.2. The Morgan fingerprint density at radius 1 is 1.12 bits per heavy atom. The van der Waals surface area contributed by atoms with Crippen LogP contribution in [0.2, 0.25) is 0 Å². The first-order chi connectivity index (χ1) is 11.3. The van der Waals surface area contributed by atoms with Crippen LogP contribution in [0.1, 0.15) is 15.9 Å². The van der Waals surface area contributed by atoms with E-state index in [-0.39, 0.29) is 24.6 Å². The monoisotopic (exact) mass is 331 g/mol. The van der Waals surface area contributed by atoms with Gasteiger partial charge in [-0.25, -0.2) is 9.59 Å². The van der Waals surface area contributed by atoms with Gasteiger partial charge in [0.05, 0.1) is 5.56 Å². The summed E-state index contributed by atoms with van der Waals surface area (Å²) in [4.78, 5) is 47.7. The molecule has 0 saturated heterocycles. The Morgan fingerprint density at radius 2 is 1.75 bits per heavy atom. The Hall–Kier alpha value is -3.16. The van der Waals surface area contributed by atoms with Gasteiger partial charge in [-0.1, -0.05) is 12.1 Å². The van der Waals surface area contributed by atoms with Crippen LogP contribution >= 0.6 is 0 Å². The molecule has 1 heterocycles. The van der Waals surface area contributed by atoms with Gasteiger partial charge in [0.1, 0.15) is 6.54 Å². The van der Waals surface area contributed by atoms with Gasteiger partial charge >= 0.3 is 11.7 Å². The van der Waals surface area contributed by atoms with Crippen LogP contribution in [0.4, 0.5) is 0 Å². The molecule has 0 aliphatic carbocycles. The number of rotatable bonds is 5. The van der Waals surface area contributed by atoms with Crippen molar-refractivity contribution in [1.29, 1.82) is 0 Å². The Balaban J connectivity index is 2.07. The molecule has 0 bridgehead atoms. The fourth-order valence-electron chi connectivity index (χ4n) is 2.12. The number of likely N-dealkylation sites (N-methyl/N-ethyl adjacent to an activating group) is 1. The van der Waals surface area contributed by atoms with E-state index in [9.17, 15) is 19.2 Å². The lowest BCUT2D eigenvalue weighted by Crippen LogP contribution is -2.40. The van der Waals surface area contributed by atoms with E-state index < -0.39 is 17.2 Å². The summed E-state index contributed by atoms with van der Waals surface area (Å²) in [7, 11) is 2.93. The summed E-state index contributed by atoms with van der Waals surface area (Å²) in [6.45, 7) is 0.0932. The molecule has 0 aliphatic rings. The molecule has 8 heteroatoms. The van der Waals surface area contributed by atoms with Gasteiger partial charge in [-0.2, -0.15) is 0 Å².